The Kier molecular flexibility index (Phi) is 4.81. The topological polar surface area (TPSA) is 140 Å². The quantitative estimate of drug-likeness (QED) is 0.425. The highest BCUT2D eigenvalue weighted by Gasteiger charge is 2.06. The Labute approximate surface area is 123 Å². The lowest BCUT2D eigenvalue weighted by Crippen LogP contribution is -2.28. The molecule has 0 aliphatic rings. The molecule has 22 heavy (non-hydrogen) atoms. The lowest BCUT2D eigenvalue weighted by Gasteiger charge is -1.99. The standard InChI is InChI=1S/C13H13N5O4/c19-9-3-1-8(2-4-9)7-14-17-11(20)6-5-10-12(21)15-13(22)18-16-10/h1-4,7,19H,5-6H2,(H,17,20)(H2,15,18,21,22)/b14-7+. The smallest absolute Gasteiger partial charge is 0.342 e. The molecular weight excluding hydrogens is 290 g/mol. The van der Waals surface area contributed by atoms with Crippen LogP contribution >= 0.6 is 0 Å². The van der Waals surface area contributed by atoms with Gasteiger partial charge < -0.3 is 5.11 Å². The first-order valence-corrected chi connectivity index (χ1v) is 6.33. The van der Waals surface area contributed by atoms with Gasteiger partial charge in [0.05, 0.1) is 6.21 Å². The molecule has 0 spiro atoms. The maximum absolute atomic E-state index is 11.6. The summed E-state index contributed by atoms with van der Waals surface area (Å²) in [5.74, 6) is -0.262. The molecule has 1 heterocycles. The van der Waals surface area contributed by atoms with Crippen LogP contribution in [0.1, 0.15) is 17.7 Å². The van der Waals surface area contributed by atoms with Crippen molar-refractivity contribution in [3.63, 3.8) is 0 Å². The van der Waals surface area contributed by atoms with Crippen molar-refractivity contribution in [2.75, 3.05) is 0 Å². The van der Waals surface area contributed by atoms with Crippen LogP contribution in [0.5, 0.6) is 5.75 Å². The van der Waals surface area contributed by atoms with Crippen LogP contribution in [0, 0.1) is 0 Å². The fourth-order valence-electron chi connectivity index (χ4n) is 1.57. The number of carbonyl (C=O) groups is 1. The second-order valence-corrected chi connectivity index (χ2v) is 4.34. The van der Waals surface area contributed by atoms with Gasteiger partial charge in [-0.05, 0) is 29.8 Å². The van der Waals surface area contributed by atoms with Crippen LogP contribution in [0.15, 0.2) is 39.0 Å². The largest absolute Gasteiger partial charge is 0.508 e. The van der Waals surface area contributed by atoms with Crippen molar-refractivity contribution in [2.24, 2.45) is 5.10 Å². The number of H-pyrrole nitrogens is 2. The van der Waals surface area contributed by atoms with E-state index >= 15 is 0 Å². The summed E-state index contributed by atoms with van der Waals surface area (Å²) < 4.78 is 0. The van der Waals surface area contributed by atoms with E-state index in [9.17, 15) is 14.4 Å². The molecule has 0 aliphatic carbocycles. The van der Waals surface area contributed by atoms with Gasteiger partial charge in [0.2, 0.25) is 5.91 Å². The summed E-state index contributed by atoms with van der Waals surface area (Å²) >= 11 is 0. The fourth-order valence-corrected chi connectivity index (χ4v) is 1.57. The van der Waals surface area contributed by atoms with Crippen LogP contribution in [-0.4, -0.2) is 32.4 Å². The maximum atomic E-state index is 11.6. The predicted molar refractivity (Wildman–Crippen MR) is 77.6 cm³/mol. The van der Waals surface area contributed by atoms with Crippen LogP contribution in [0.3, 0.4) is 0 Å². The summed E-state index contributed by atoms with van der Waals surface area (Å²) in [5, 5.41) is 18.5. The van der Waals surface area contributed by atoms with Crippen molar-refractivity contribution in [3.05, 3.63) is 56.4 Å². The third-order valence-electron chi connectivity index (χ3n) is 2.67. The molecule has 1 aromatic carbocycles. The normalized spacial score (nSPS) is 10.7. The zero-order valence-corrected chi connectivity index (χ0v) is 11.4. The Balaban J connectivity index is 1.84. The molecule has 0 fully saturated rings. The number of rotatable bonds is 5. The van der Waals surface area contributed by atoms with Gasteiger partial charge in [0.1, 0.15) is 11.4 Å². The number of aryl methyl sites for hydroxylation is 1. The highest BCUT2D eigenvalue weighted by atomic mass is 16.3. The summed E-state index contributed by atoms with van der Waals surface area (Å²) in [7, 11) is 0. The molecule has 0 radical (unpaired) electrons. The highest BCUT2D eigenvalue weighted by molar-refractivity contribution is 5.82. The summed E-state index contributed by atoms with van der Waals surface area (Å²) in [6.07, 6.45) is 1.49. The Morgan fingerprint density at radius 3 is 2.73 bits per heavy atom. The second kappa shape index (κ2) is 6.97. The Morgan fingerprint density at radius 2 is 2.05 bits per heavy atom. The van der Waals surface area contributed by atoms with Gasteiger partial charge in [-0.25, -0.2) is 15.3 Å². The minimum Gasteiger partial charge on any atom is -0.508 e. The van der Waals surface area contributed by atoms with E-state index in [1.165, 1.54) is 18.3 Å². The molecule has 0 atom stereocenters. The van der Waals surface area contributed by atoms with Crippen LogP contribution in [0.25, 0.3) is 0 Å². The second-order valence-electron chi connectivity index (χ2n) is 4.34. The Bertz CT molecular complexity index is 791. The van der Waals surface area contributed by atoms with E-state index in [0.29, 0.717) is 5.56 Å². The lowest BCUT2D eigenvalue weighted by molar-refractivity contribution is -0.121. The summed E-state index contributed by atoms with van der Waals surface area (Å²) in [4.78, 5) is 35.7. The lowest BCUT2D eigenvalue weighted by atomic mass is 10.2. The van der Waals surface area contributed by atoms with Gasteiger partial charge in [0, 0.05) is 12.8 Å². The number of benzene rings is 1. The van der Waals surface area contributed by atoms with E-state index in [0.717, 1.165) is 0 Å². The molecule has 0 saturated heterocycles. The monoisotopic (exact) mass is 303 g/mol. The molecule has 0 bridgehead atoms. The number of hydrogen-bond acceptors (Lipinski definition) is 6. The average molecular weight is 303 g/mol. The van der Waals surface area contributed by atoms with Crippen molar-refractivity contribution >= 4 is 12.1 Å². The van der Waals surface area contributed by atoms with Crippen molar-refractivity contribution < 1.29 is 9.90 Å². The molecule has 2 aromatic rings. The van der Waals surface area contributed by atoms with Gasteiger partial charge in [-0.1, -0.05) is 0 Å². The number of nitrogens with one attached hydrogen (secondary N) is 3. The summed E-state index contributed by atoms with van der Waals surface area (Å²) in [6.45, 7) is 0. The number of hydrazone groups is 1. The summed E-state index contributed by atoms with van der Waals surface area (Å²) in [5.41, 5.74) is 1.76. The maximum Gasteiger partial charge on any atom is 0.342 e. The molecule has 1 aromatic heterocycles. The van der Waals surface area contributed by atoms with Crippen LogP contribution in [0.4, 0.5) is 0 Å². The number of carbonyl (C=O) groups excluding carboxylic acids is 1. The molecule has 0 aliphatic heterocycles. The first-order valence-electron chi connectivity index (χ1n) is 6.33. The first kappa shape index (κ1) is 15.2. The van der Waals surface area contributed by atoms with E-state index in [4.69, 9.17) is 5.11 Å². The number of phenolic OH excluding ortho intramolecular Hbond substituents is 1. The number of nitrogens with zero attached hydrogens (tertiary/aromatic N) is 2. The number of aromatic nitrogens is 3. The molecule has 9 heteroatoms. The van der Waals surface area contributed by atoms with Crippen LogP contribution in [-0.2, 0) is 11.2 Å². The fraction of sp³-hybridized carbons (Fsp3) is 0.154. The molecule has 2 rings (SSSR count). The third-order valence-corrected chi connectivity index (χ3v) is 2.67. The molecule has 0 saturated carbocycles. The number of aromatic hydroxyl groups is 1. The summed E-state index contributed by atoms with van der Waals surface area (Å²) in [6, 6.07) is 6.26. The van der Waals surface area contributed by atoms with Crippen molar-refractivity contribution in [3.8, 4) is 5.75 Å². The molecule has 114 valence electrons. The van der Waals surface area contributed by atoms with Gasteiger partial charge in [-0.2, -0.15) is 10.2 Å². The van der Waals surface area contributed by atoms with E-state index < -0.39 is 17.2 Å². The third kappa shape index (κ3) is 4.40. The van der Waals surface area contributed by atoms with Gasteiger partial charge in [0.25, 0.3) is 5.56 Å². The minimum atomic E-state index is -0.698. The van der Waals surface area contributed by atoms with Crippen molar-refractivity contribution in [2.45, 2.75) is 12.8 Å². The van der Waals surface area contributed by atoms with Gasteiger partial charge >= 0.3 is 5.69 Å². The average Bonchev–Trinajstić information content (AvgIpc) is 2.48. The van der Waals surface area contributed by atoms with Crippen LogP contribution < -0.4 is 16.7 Å². The molecule has 1 amide bonds. The van der Waals surface area contributed by atoms with Crippen molar-refractivity contribution in [1.82, 2.24) is 20.6 Å². The Hall–Kier alpha value is -3.23. The molecule has 0 unspecified atom stereocenters. The van der Waals surface area contributed by atoms with E-state index in [-0.39, 0.29) is 24.3 Å². The minimum absolute atomic E-state index is 0.00492. The van der Waals surface area contributed by atoms with Gasteiger partial charge in [0.15, 0.2) is 0 Å². The number of aromatic amines is 2. The molecule has 4 N–H and O–H groups in total. The number of hydrogen-bond donors (Lipinski definition) is 4. The van der Waals surface area contributed by atoms with Crippen molar-refractivity contribution in [1.29, 1.82) is 0 Å². The zero-order chi connectivity index (χ0) is 15.9. The predicted octanol–water partition coefficient (Wildman–Crippen LogP) is -0.753. The number of amides is 1. The van der Waals surface area contributed by atoms with E-state index in [1.807, 2.05) is 4.98 Å². The van der Waals surface area contributed by atoms with Gasteiger partial charge in [-0.15, -0.1) is 0 Å². The van der Waals surface area contributed by atoms with E-state index in [1.54, 1.807) is 12.1 Å². The Morgan fingerprint density at radius 1 is 1.32 bits per heavy atom. The van der Waals surface area contributed by atoms with Crippen LogP contribution in [0.2, 0.25) is 0 Å². The highest BCUT2D eigenvalue weighted by Crippen LogP contribution is 2.07. The number of phenols is 1. The SMILES string of the molecule is O=C(CCc1n[nH]c(=O)[nH]c1=O)N/N=C/c1ccc(O)cc1. The first-order chi connectivity index (χ1) is 10.5. The molecule has 9 nitrogen and oxygen atoms in total. The molecular formula is C13H13N5O4. The van der Waals surface area contributed by atoms with Gasteiger partial charge in [-0.3, -0.25) is 14.6 Å². The zero-order valence-electron chi connectivity index (χ0n) is 11.4. The van der Waals surface area contributed by atoms with E-state index in [2.05, 4.69) is 20.7 Å².